The summed E-state index contributed by atoms with van der Waals surface area (Å²) in [6.45, 7) is 12.3. The summed E-state index contributed by atoms with van der Waals surface area (Å²) in [6, 6.07) is 20.3. The SMILES string of the molecule is C=[P+](C)C1OCC2OC(OC3C(CCC)OC(CC)C(C)C3OCc3ccccc3)C(CC)C(OCc3ccccc3)C2O1. The third-order valence-corrected chi connectivity index (χ3v) is 10.3. The van der Waals surface area contributed by atoms with Crippen LogP contribution in [-0.4, -0.2) is 74.6 Å². The van der Waals surface area contributed by atoms with Crippen LogP contribution in [0.2, 0.25) is 0 Å². The molecule has 3 aliphatic heterocycles. The highest BCUT2D eigenvalue weighted by Crippen LogP contribution is 2.42. The molecule has 3 saturated heterocycles. The first-order valence-corrected chi connectivity index (χ1v) is 18.6. The number of fused-ring (bicyclic) bond motifs is 1. The van der Waals surface area contributed by atoms with Gasteiger partial charge in [0.05, 0.1) is 50.5 Å². The Morgan fingerprint density at radius 2 is 1.43 bits per heavy atom. The molecule has 0 spiro atoms. The minimum Gasteiger partial charge on any atom is -0.372 e. The molecular weight excluding hydrogens is 575 g/mol. The maximum atomic E-state index is 7.10. The predicted octanol–water partition coefficient (Wildman–Crippen LogP) is 7.15. The van der Waals surface area contributed by atoms with Gasteiger partial charge in [-0.1, -0.05) is 94.8 Å². The first kappa shape index (κ1) is 33.7. The molecule has 3 aliphatic rings. The monoisotopic (exact) mass is 627 g/mol. The minimum atomic E-state index is -0.687. The van der Waals surface area contributed by atoms with Gasteiger partial charge in [-0.05, 0) is 30.4 Å². The summed E-state index contributed by atoms with van der Waals surface area (Å²) >= 11 is 0. The van der Waals surface area contributed by atoms with Crippen LogP contribution in [0.15, 0.2) is 60.7 Å². The van der Waals surface area contributed by atoms with Gasteiger partial charge < -0.3 is 33.2 Å². The van der Waals surface area contributed by atoms with E-state index in [1.807, 2.05) is 24.3 Å². The van der Waals surface area contributed by atoms with E-state index < -0.39 is 13.8 Å². The summed E-state index contributed by atoms with van der Waals surface area (Å²) in [4.78, 5) is 0. The predicted molar refractivity (Wildman–Crippen MR) is 175 cm³/mol. The average Bonchev–Trinajstić information content (AvgIpc) is 3.05. The Morgan fingerprint density at radius 3 is 2.00 bits per heavy atom. The fraction of sp³-hybridized carbons (Fsp3) is 0.639. The second kappa shape index (κ2) is 16.2. The van der Waals surface area contributed by atoms with Crippen LogP contribution < -0.4 is 0 Å². The molecule has 44 heavy (non-hydrogen) atoms. The molecule has 5 rings (SSSR count). The standard InChI is InChI=1S/C36H52O7P/c1-7-16-29-33(31(24(4)28(9-3)40-29)37-21-25-17-12-10-13-18-25)42-35-27(8-2)32(38-22-26-19-14-11-15-20-26)34-30(41-35)23-39-36(43-34)44(5)6/h10-15,17-20,24,27-36H,5,7-9,16,21-23H2,1-4,6H3/q+1. The molecule has 0 aromatic heterocycles. The Kier molecular flexibility index (Phi) is 12.4. The zero-order chi connectivity index (χ0) is 31.1. The van der Waals surface area contributed by atoms with E-state index in [0.717, 1.165) is 36.8 Å². The third-order valence-electron chi connectivity index (χ3n) is 9.26. The second-order valence-electron chi connectivity index (χ2n) is 12.5. The summed E-state index contributed by atoms with van der Waals surface area (Å²) in [6.07, 6.45) is 6.09. The summed E-state index contributed by atoms with van der Waals surface area (Å²) < 4.78 is 46.7. The summed E-state index contributed by atoms with van der Waals surface area (Å²) in [5.74, 6) is 0.106. The number of hydrogen-bond acceptors (Lipinski definition) is 7. The first-order valence-electron chi connectivity index (χ1n) is 16.5. The van der Waals surface area contributed by atoms with Crippen LogP contribution in [0.1, 0.15) is 64.5 Å². The van der Waals surface area contributed by atoms with Crippen LogP contribution in [-0.2, 0) is 46.4 Å². The highest BCUT2D eigenvalue weighted by atomic mass is 31.1. The molecular formula is C36H52O7P+. The van der Waals surface area contributed by atoms with Crippen LogP contribution in [0.5, 0.6) is 0 Å². The van der Waals surface area contributed by atoms with E-state index in [2.05, 4.69) is 77.1 Å². The van der Waals surface area contributed by atoms with Gasteiger partial charge in [0, 0.05) is 11.8 Å². The van der Waals surface area contributed by atoms with E-state index in [9.17, 15) is 0 Å². The topological polar surface area (TPSA) is 64.6 Å². The lowest BCUT2D eigenvalue weighted by Crippen LogP contribution is -2.63. The Hall–Kier alpha value is -1.67. The van der Waals surface area contributed by atoms with Gasteiger partial charge in [0.15, 0.2) is 6.29 Å². The van der Waals surface area contributed by atoms with Crippen molar-refractivity contribution in [1.82, 2.24) is 0 Å². The maximum Gasteiger partial charge on any atom is 0.324 e. The van der Waals surface area contributed by atoms with Gasteiger partial charge in [0.25, 0.3) is 0 Å². The van der Waals surface area contributed by atoms with E-state index >= 15 is 0 Å². The van der Waals surface area contributed by atoms with Crippen LogP contribution in [0.3, 0.4) is 0 Å². The van der Waals surface area contributed by atoms with Crippen molar-refractivity contribution in [3.05, 3.63) is 71.8 Å². The minimum absolute atomic E-state index is 0.0529. The molecule has 12 atom stereocenters. The van der Waals surface area contributed by atoms with Gasteiger partial charge in [0.1, 0.15) is 32.5 Å². The van der Waals surface area contributed by atoms with Crippen LogP contribution in [0.25, 0.3) is 0 Å². The molecule has 3 heterocycles. The largest absolute Gasteiger partial charge is 0.372 e. The Balaban J connectivity index is 1.41. The molecule has 12 unspecified atom stereocenters. The van der Waals surface area contributed by atoms with Crippen molar-refractivity contribution >= 4 is 13.8 Å². The Labute approximate surface area is 265 Å². The third kappa shape index (κ3) is 8.00. The molecule has 0 N–H and O–H groups in total. The molecule has 0 aliphatic carbocycles. The van der Waals surface area contributed by atoms with Crippen molar-refractivity contribution in [3.63, 3.8) is 0 Å². The lowest BCUT2D eigenvalue weighted by Gasteiger charge is -2.51. The van der Waals surface area contributed by atoms with Crippen LogP contribution >= 0.6 is 7.55 Å². The van der Waals surface area contributed by atoms with E-state index in [1.54, 1.807) is 0 Å². The van der Waals surface area contributed by atoms with Crippen molar-refractivity contribution in [2.75, 3.05) is 13.3 Å². The highest BCUT2D eigenvalue weighted by molar-refractivity contribution is 7.55. The zero-order valence-electron chi connectivity index (χ0n) is 27.1. The fourth-order valence-electron chi connectivity index (χ4n) is 6.85. The van der Waals surface area contributed by atoms with Crippen molar-refractivity contribution in [2.45, 2.75) is 122 Å². The molecule has 242 valence electrons. The smallest absolute Gasteiger partial charge is 0.324 e. The number of ether oxygens (including phenoxy) is 7. The lowest BCUT2D eigenvalue weighted by atomic mass is 9.84. The van der Waals surface area contributed by atoms with E-state index in [1.165, 1.54) is 0 Å². The number of benzene rings is 2. The van der Waals surface area contributed by atoms with Gasteiger partial charge in [0.2, 0.25) is 0 Å². The average molecular weight is 628 g/mol. The van der Waals surface area contributed by atoms with Crippen molar-refractivity contribution in [1.29, 1.82) is 0 Å². The molecule has 0 bridgehead atoms. The zero-order valence-corrected chi connectivity index (χ0v) is 28.0. The summed E-state index contributed by atoms with van der Waals surface area (Å²) in [5.41, 5.74) is 2.27. The van der Waals surface area contributed by atoms with Crippen LogP contribution in [0.4, 0.5) is 0 Å². The lowest BCUT2D eigenvalue weighted by molar-refractivity contribution is -0.364. The molecule has 0 amide bonds. The molecule has 2 aromatic rings. The van der Waals surface area contributed by atoms with Gasteiger partial charge in [-0.15, -0.1) is 0 Å². The maximum absolute atomic E-state index is 7.10. The van der Waals surface area contributed by atoms with Crippen molar-refractivity contribution in [2.24, 2.45) is 11.8 Å². The van der Waals surface area contributed by atoms with Gasteiger partial charge in [-0.2, -0.15) is 0 Å². The van der Waals surface area contributed by atoms with E-state index in [4.69, 9.17) is 33.2 Å². The molecule has 2 aromatic carbocycles. The number of hydrogen-bond donors (Lipinski definition) is 0. The molecule has 0 saturated carbocycles. The van der Waals surface area contributed by atoms with Crippen molar-refractivity contribution in [3.8, 4) is 0 Å². The molecule has 3 fully saturated rings. The van der Waals surface area contributed by atoms with Crippen molar-refractivity contribution < 1.29 is 33.2 Å². The fourth-order valence-corrected chi connectivity index (χ4v) is 7.54. The molecule has 7 nitrogen and oxygen atoms in total. The first-order chi connectivity index (χ1) is 21.4. The molecule has 8 heteroatoms. The summed E-state index contributed by atoms with van der Waals surface area (Å²) in [7, 11) is -0.687. The van der Waals surface area contributed by atoms with Gasteiger partial charge >= 0.3 is 6.03 Å². The summed E-state index contributed by atoms with van der Waals surface area (Å²) in [5, 5.41) is 0. The quantitative estimate of drug-likeness (QED) is 0.219. The highest BCUT2D eigenvalue weighted by Gasteiger charge is 2.54. The normalized spacial score (nSPS) is 36.0. The van der Waals surface area contributed by atoms with Gasteiger partial charge in [-0.3, -0.25) is 0 Å². The van der Waals surface area contributed by atoms with E-state index in [-0.39, 0.29) is 60.6 Å². The van der Waals surface area contributed by atoms with Crippen LogP contribution in [0, 0.1) is 11.8 Å². The number of rotatable bonds is 13. The van der Waals surface area contributed by atoms with Gasteiger partial charge in [-0.25, -0.2) is 0 Å². The second-order valence-corrected chi connectivity index (χ2v) is 14.4. The Morgan fingerprint density at radius 1 is 0.795 bits per heavy atom. The molecule has 0 radical (unpaired) electrons. The van der Waals surface area contributed by atoms with E-state index in [0.29, 0.717) is 19.8 Å². The Bertz CT molecular complexity index is 1150.